The molecule has 0 spiro atoms. The Labute approximate surface area is 28.6 Å². The van der Waals surface area contributed by atoms with Gasteiger partial charge in [-0.15, -0.1) is 0 Å². The highest BCUT2D eigenvalue weighted by molar-refractivity contribution is 4.41. The summed E-state index contributed by atoms with van der Waals surface area (Å²) in [4.78, 5) is 3.43. The zero-order valence-electron chi connectivity index (χ0n) is 2.48. The van der Waals surface area contributed by atoms with E-state index in [1.807, 2.05) is 0 Å². The second-order valence-corrected chi connectivity index (χ2v) is 0.326. The van der Waals surface area contributed by atoms with Gasteiger partial charge in [0.15, 0.2) is 0 Å². The average Bonchev–Trinajstić information content (AvgIpc) is 1.41. The van der Waals surface area contributed by atoms with Crippen LogP contribution < -0.4 is 0 Å². The molecule has 0 aliphatic carbocycles. The standard InChI is InChI=1S/C2H3FO2/c1-2-4-5-3/h2H,1H2. The number of hydrogen-bond donors (Lipinski definition) is 0. The normalized spacial score (nSPS) is 6.60. The molecule has 0 saturated heterocycles. The summed E-state index contributed by atoms with van der Waals surface area (Å²) in [6.45, 7) is 2.96. The van der Waals surface area contributed by atoms with Crippen molar-refractivity contribution in [1.82, 2.24) is 0 Å². The van der Waals surface area contributed by atoms with Crippen LogP contribution in [0.4, 0.5) is 4.53 Å². The molecule has 0 atom stereocenters. The highest BCUT2D eigenvalue weighted by Crippen LogP contribution is 1.72. The van der Waals surface area contributed by atoms with Crippen LogP contribution in [0, 0.1) is 0 Å². The van der Waals surface area contributed by atoms with Crippen molar-refractivity contribution >= 4 is 0 Å². The van der Waals surface area contributed by atoms with Gasteiger partial charge in [0.1, 0.15) is 6.26 Å². The van der Waals surface area contributed by atoms with Gasteiger partial charge in [-0.3, -0.25) is 0 Å². The minimum absolute atomic E-state index is 0.833. The molecule has 0 aromatic carbocycles. The zero-order chi connectivity index (χ0) is 4.12. The van der Waals surface area contributed by atoms with Crippen molar-refractivity contribution in [3.63, 3.8) is 0 Å². The van der Waals surface area contributed by atoms with Gasteiger partial charge in [0.2, 0.25) is 0 Å². The van der Waals surface area contributed by atoms with Crippen LogP contribution in [-0.4, -0.2) is 0 Å². The SMILES string of the molecule is C=COOF. The fourth-order valence-electron chi connectivity index (χ4n) is 0.0257. The van der Waals surface area contributed by atoms with E-state index in [0.717, 1.165) is 6.26 Å². The predicted octanol–water partition coefficient (Wildman–Crippen LogP) is 0.963. The quantitative estimate of drug-likeness (QED) is 0.278. The van der Waals surface area contributed by atoms with Crippen molar-refractivity contribution in [1.29, 1.82) is 0 Å². The molecular weight excluding hydrogens is 75.0 g/mol. The lowest BCUT2D eigenvalue weighted by Crippen LogP contribution is -1.64. The van der Waals surface area contributed by atoms with Crippen molar-refractivity contribution in [3.8, 4) is 0 Å². The summed E-state index contributed by atoms with van der Waals surface area (Å²) >= 11 is 0. The van der Waals surface area contributed by atoms with Crippen molar-refractivity contribution in [3.05, 3.63) is 12.8 Å². The first-order valence-electron chi connectivity index (χ1n) is 0.965. The lowest BCUT2D eigenvalue weighted by atomic mass is 11.2. The van der Waals surface area contributed by atoms with Crippen LogP contribution in [-0.2, 0) is 9.98 Å². The molecule has 3 heteroatoms. The Morgan fingerprint density at radius 2 is 2.40 bits per heavy atom. The highest BCUT2D eigenvalue weighted by Gasteiger charge is 1.60. The summed E-state index contributed by atoms with van der Waals surface area (Å²) in [5.41, 5.74) is 0. The van der Waals surface area contributed by atoms with E-state index in [9.17, 15) is 4.53 Å². The Balaban J connectivity index is 2.40. The molecule has 30 valence electrons. The predicted molar refractivity (Wildman–Crippen MR) is 13.5 cm³/mol. The number of hydrogen-bond acceptors (Lipinski definition) is 2. The summed E-state index contributed by atoms with van der Waals surface area (Å²) in [5, 5.41) is 2.57. The van der Waals surface area contributed by atoms with E-state index in [-0.39, 0.29) is 0 Å². The summed E-state index contributed by atoms with van der Waals surface area (Å²) in [6, 6.07) is 0. The first kappa shape index (κ1) is 4.43. The van der Waals surface area contributed by atoms with Gasteiger partial charge in [-0.25, -0.2) is 0 Å². The van der Waals surface area contributed by atoms with Crippen molar-refractivity contribution in [2.45, 2.75) is 0 Å². The third-order valence-corrected chi connectivity index (χ3v) is 0.104. The second-order valence-electron chi connectivity index (χ2n) is 0.326. The van der Waals surface area contributed by atoms with Gasteiger partial charge < -0.3 is 4.89 Å². The van der Waals surface area contributed by atoms with Crippen LogP contribution in [0.1, 0.15) is 0 Å². The molecule has 0 rings (SSSR count). The van der Waals surface area contributed by atoms with Gasteiger partial charge >= 0.3 is 0 Å². The molecule has 0 aliphatic heterocycles. The van der Waals surface area contributed by atoms with E-state index < -0.39 is 0 Å². The van der Waals surface area contributed by atoms with Crippen LogP contribution >= 0.6 is 0 Å². The second kappa shape index (κ2) is 3.43. The molecule has 0 aliphatic rings. The Kier molecular flexibility index (Phi) is 3.04. The van der Waals surface area contributed by atoms with Crippen LogP contribution in [0.15, 0.2) is 12.8 Å². The largest absolute Gasteiger partial charge is 0.313 e. The molecule has 0 N–H and O–H groups in total. The third-order valence-electron chi connectivity index (χ3n) is 0.104. The Morgan fingerprint density at radius 3 is 2.40 bits per heavy atom. The minimum Gasteiger partial charge on any atom is -0.313 e. The topological polar surface area (TPSA) is 18.5 Å². The molecule has 0 aromatic heterocycles. The van der Waals surface area contributed by atoms with Gasteiger partial charge in [0, 0.05) is 5.09 Å². The Bertz CT molecular complexity index is 28.8. The lowest BCUT2D eigenvalue weighted by Gasteiger charge is -1.76. The summed E-state index contributed by atoms with van der Waals surface area (Å²) in [5.74, 6) is 0. The maximum absolute atomic E-state index is 10.2. The van der Waals surface area contributed by atoms with Gasteiger partial charge in [-0.05, 0) is 4.53 Å². The zero-order valence-corrected chi connectivity index (χ0v) is 2.48. The lowest BCUT2D eigenvalue weighted by molar-refractivity contribution is -0.398. The maximum atomic E-state index is 10.2. The van der Waals surface area contributed by atoms with Crippen molar-refractivity contribution in [2.24, 2.45) is 0 Å². The minimum atomic E-state index is 0.833. The van der Waals surface area contributed by atoms with Gasteiger partial charge in [0.05, 0.1) is 0 Å². The Hall–Kier alpha value is -0.570. The molecule has 0 bridgehead atoms. The average molecular weight is 78.0 g/mol. The summed E-state index contributed by atoms with van der Waals surface area (Å²) < 4.78 is 10.2. The highest BCUT2D eigenvalue weighted by atomic mass is 19.3. The molecule has 0 saturated carbocycles. The fourth-order valence-corrected chi connectivity index (χ4v) is 0.0257. The van der Waals surface area contributed by atoms with Gasteiger partial charge in [0.25, 0.3) is 0 Å². The first-order chi connectivity index (χ1) is 2.41. The third kappa shape index (κ3) is 3.43. The molecule has 2 nitrogen and oxygen atoms in total. The number of halogens is 1. The molecule has 0 amide bonds. The van der Waals surface area contributed by atoms with Crippen LogP contribution in [0.5, 0.6) is 0 Å². The van der Waals surface area contributed by atoms with Crippen LogP contribution in [0.3, 0.4) is 0 Å². The van der Waals surface area contributed by atoms with Crippen LogP contribution in [0.25, 0.3) is 0 Å². The van der Waals surface area contributed by atoms with E-state index in [2.05, 4.69) is 16.6 Å². The smallest absolute Gasteiger partial charge is 0.126 e. The summed E-state index contributed by atoms with van der Waals surface area (Å²) in [7, 11) is 0. The molecule has 0 unspecified atom stereocenters. The molecule has 0 fully saturated rings. The van der Waals surface area contributed by atoms with E-state index in [4.69, 9.17) is 0 Å². The van der Waals surface area contributed by atoms with Crippen molar-refractivity contribution in [2.75, 3.05) is 0 Å². The fraction of sp³-hybridized carbons (Fsp3) is 0. The van der Waals surface area contributed by atoms with E-state index >= 15 is 0 Å². The van der Waals surface area contributed by atoms with Gasteiger partial charge in [-0.2, -0.15) is 0 Å². The number of rotatable bonds is 2. The van der Waals surface area contributed by atoms with E-state index in [1.54, 1.807) is 0 Å². The molecule has 0 radical (unpaired) electrons. The summed E-state index contributed by atoms with van der Waals surface area (Å²) in [6.07, 6.45) is 0.833. The van der Waals surface area contributed by atoms with Crippen molar-refractivity contribution < 1.29 is 14.5 Å². The molecule has 0 heterocycles. The Morgan fingerprint density at radius 1 is 1.80 bits per heavy atom. The van der Waals surface area contributed by atoms with E-state index in [0.29, 0.717) is 0 Å². The van der Waals surface area contributed by atoms with E-state index in [1.165, 1.54) is 0 Å². The van der Waals surface area contributed by atoms with Gasteiger partial charge in [-0.1, -0.05) is 6.58 Å². The first-order valence-corrected chi connectivity index (χ1v) is 0.965. The van der Waals surface area contributed by atoms with Crippen LogP contribution in [0.2, 0.25) is 0 Å². The molecule has 5 heavy (non-hydrogen) atoms. The maximum Gasteiger partial charge on any atom is 0.126 e. The molecular formula is C2H3FO2. The molecule has 0 aromatic rings. The monoisotopic (exact) mass is 78.0 g/mol.